The summed E-state index contributed by atoms with van der Waals surface area (Å²) in [5, 5.41) is 9.43. The third-order valence-corrected chi connectivity index (χ3v) is 3.90. The number of thiazole rings is 1. The second-order valence-corrected chi connectivity index (χ2v) is 5.51. The number of aromatic nitrogens is 3. The van der Waals surface area contributed by atoms with Crippen molar-refractivity contribution in [1.82, 2.24) is 14.8 Å². The lowest BCUT2D eigenvalue weighted by molar-refractivity contribution is 0.102. The molecule has 0 atom stereocenters. The highest BCUT2D eigenvalue weighted by Gasteiger charge is 2.13. The number of amides is 1. The fourth-order valence-electron chi connectivity index (χ4n) is 1.91. The first kappa shape index (κ1) is 13.5. The molecule has 1 N–H and O–H groups in total. The zero-order chi connectivity index (χ0) is 14.8. The Morgan fingerprint density at radius 2 is 2.05 bits per heavy atom. The molecule has 21 heavy (non-hydrogen) atoms. The predicted molar refractivity (Wildman–Crippen MR) is 83.4 cm³/mol. The van der Waals surface area contributed by atoms with Crippen LogP contribution >= 0.6 is 11.3 Å². The van der Waals surface area contributed by atoms with Crippen LogP contribution < -0.4 is 5.32 Å². The molecule has 5 nitrogen and oxygen atoms in total. The highest BCUT2D eigenvalue weighted by Crippen LogP contribution is 2.24. The smallest absolute Gasteiger partial charge is 0.277 e. The Kier molecular flexibility index (Phi) is 3.53. The SMILES string of the molecule is Cc1cc(C(=O)Nc2nc(-c3ccccc3)cs2)nn1C. The summed E-state index contributed by atoms with van der Waals surface area (Å²) in [6, 6.07) is 11.6. The van der Waals surface area contributed by atoms with Crippen LogP contribution in [0.15, 0.2) is 41.8 Å². The third-order valence-electron chi connectivity index (χ3n) is 3.14. The number of carbonyl (C=O) groups is 1. The molecule has 1 aromatic carbocycles. The van der Waals surface area contributed by atoms with Crippen LogP contribution in [0.5, 0.6) is 0 Å². The van der Waals surface area contributed by atoms with E-state index in [9.17, 15) is 4.79 Å². The molecule has 0 aliphatic carbocycles. The van der Waals surface area contributed by atoms with Gasteiger partial charge in [0.25, 0.3) is 5.91 Å². The van der Waals surface area contributed by atoms with E-state index in [0.717, 1.165) is 17.0 Å². The Balaban J connectivity index is 1.77. The topological polar surface area (TPSA) is 59.8 Å². The molecule has 0 aliphatic heterocycles. The van der Waals surface area contributed by atoms with Gasteiger partial charge in [-0.05, 0) is 13.0 Å². The fraction of sp³-hybridized carbons (Fsp3) is 0.133. The monoisotopic (exact) mass is 298 g/mol. The lowest BCUT2D eigenvalue weighted by Gasteiger charge is -1.98. The number of benzene rings is 1. The van der Waals surface area contributed by atoms with Gasteiger partial charge in [0, 0.05) is 23.7 Å². The number of rotatable bonds is 3. The van der Waals surface area contributed by atoms with Gasteiger partial charge in [0.2, 0.25) is 0 Å². The molecule has 0 spiro atoms. The van der Waals surface area contributed by atoms with Crippen molar-refractivity contribution >= 4 is 22.4 Å². The van der Waals surface area contributed by atoms with E-state index in [2.05, 4.69) is 15.4 Å². The van der Waals surface area contributed by atoms with Crippen LogP contribution in [0.4, 0.5) is 5.13 Å². The van der Waals surface area contributed by atoms with Crippen molar-refractivity contribution in [2.75, 3.05) is 5.32 Å². The summed E-state index contributed by atoms with van der Waals surface area (Å²) in [7, 11) is 1.81. The van der Waals surface area contributed by atoms with Crippen molar-refractivity contribution in [3.63, 3.8) is 0 Å². The number of anilines is 1. The molecule has 0 saturated heterocycles. The highest BCUT2D eigenvalue weighted by molar-refractivity contribution is 7.14. The molecular formula is C15H14N4OS. The summed E-state index contributed by atoms with van der Waals surface area (Å²) in [5.74, 6) is -0.243. The second-order valence-electron chi connectivity index (χ2n) is 4.65. The van der Waals surface area contributed by atoms with Crippen LogP contribution in [0.2, 0.25) is 0 Å². The van der Waals surface area contributed by atoms with Gasteiger partial charge in [-0.25, -0.2) is 4.98 Å². The normalized spacial score (nSPS) is 10.6. The van der Waals surface area contributed by atoms with E-state index in [1.165, 1.54) is 11.3 Å². The Morgan fingerprint density at radius 3 is 2.71 bits per heavy atom. The van der Waals surface area contributed by atoms with Gasteiger partial charge < -0.3 is 0 Å². The van der Waals surface area contributed by atoms with Gasteiger partial charge >= 0.3 is 0 Å². The number of aryl methyl sites for hydroxylation is 2. The van der Waals surface area contributed by atoms with E-state index in [4.69, 9.17) is 0 Å². The molecule has 6 heteroatoms. The van der Waals surface area contributed by atoms with E-state index in [1.54, 1.807) is 10.7 Å². The number of hydrogen-bond donors (Lipinski definition) is 1. The first-order valence-corrected chi connectivity index (χ1v) is 7.34. The quantitative estimate of drug-likeness (QED) is 0.808. The van der Waals surface area contributed by atoms with Gasteiger partial charge in [-0.3, -0.25) is 14.8 Å². The van der Waals surface area contributed by atoms with E-state index in [0.29, 0.717) is 10.8 Å². The molecule has 106 valence electrons. The van der Waals surface area contributed by atoms with Crippen molar-refractivity contribution < 1.29 is 4.79 Å². The standard InChI is InChI=1S/C15H14N4OS/c1-10-8-12(18-19(10)2)14(20)17-15-16-13(9-21-15)11-6-4-3-5-7-11/h3-9H,1-2H3,(H,16,17,20). The minimum Gasteiger partial charge on any atom is -0.296 e. The van der Waals surface area contributed by atoms with Gasteiger partial charge in [0.15, 0.2) is 10.8 Å². The molecular weight excluding hydrogens is 284 g/mol. The summed E-state index contributed by atoms with van der Waals surface area (Å²) in [6.07, 6.45) is 0. The highest BCUT2D eigenvalue weighted by atomic mass is 32.1. The molecule has 0 bridgehead atoms. The summed E-state index contributed by atoms with van der Waals surface area (Å²) in [4.78, 5) is 16.5. The maximum Gasteiger partial charge on any atom is 0.277 e. The molecule has 3 aromatic rings. The zero-order valence-corrected chi connectivity index (χ0v) is 12.5. The van der Waals surface area contributed by atoms with Crippen LogP contribution in [-0.2, 0) is 7.05 Å². The Bertz CT molecular complexity index is 757. The molecule has 1 amide bonds. The van der Waals surface area contributed by atoms with Crippen LogP contribution in [0.3, 0.4) is 0 Å². The van der Waals surface area contributed by atoms with Crippen molar-refractivity contribution in [1.29, 1.82) is 0 Å². The summed E-state index contributed by atoms with van der Waals surface area (Å²) in [6.45, 7) is 1.90. The molecule has 0 radical (unpaired) electrons. The van der Waals surface area contributed by atoms with Crippen LogP contribution in [0, 0.1) is 6.92 Å². The summed E-state index contributed by atoms with van der Waals surface area (Å²) >= 11 is 1.40. The predicted octanol–water partition coefficient (Wildman–Crippen LogP) is 3.10. The lowest BCUT2D eigenvalue weighted by Crippen LogP contribution is -2.12. The first-order valence-electron chi connectivity index (χ1n) is 6.46. The van der Waals surface area contributed by atoms with Gasteiger partial charge in [-0.15, -0.1) is 11.3 Å². The average Bonchev–Trinajstić information content (AvgIpc) is 3.08. The van der Waals surface area contributed by atoms with E-state index >= 15 is 0 Å². The number of carbonyl (C=O) groups excluding carboxylic acids is 1. The van der Waals surface area contributed by atoms with Gasteiger partial charge in [-0.2, -0.15) is 5.10 Å². The van der Waals surface area contributed by atoms with Gasteiger partial charge in [-0.1, -0.05) is 30.3 Å². The first-order chi connectivity index (χ1) is 10.1. The zero-order valence-electron chi connectivity index (χ0n) is 11.7. The molecule has 0 fully saturated rings. The fourth-order valence-corrected chi connectivity index (χ4v) is 2.62. The van der Waals surface area contributed by atoms with Gasteiger partial charge in [0.05, 0.1) is 5.69 Å². The molecule has 2 aromatic heterocycles. The van der Waals surface area contributed by atoms with E-state index < -0.39 is 0 Å². The molecule has 0 saturated carbocycles. The van der Waals surface area contributed by atoms with Crippen LogP contribution in [0.1, 0.15) is 16.2 Å². The molecule has 2 heterocycles. The van der Waals surface area contributed by atoms with Crippen molar-refractivity contribution in [2.45, 2.75) is 6.92 Å². The Morgan fingerprint density at radius 1 is 1.29 bits per heavy atom. The van der Waals surface area contributed by atoms with Crippen molar-refractivity contribution in [2.24, 2.45) is 7.05 Å². The number of hydrogen-bond acceptors (Lipinski definition) is 4. The van der Waals surface area contributed by atoms with Crippen molar-refractivity contribution in [3.8, 4) is 11.3 Å². The summed E-state index contributed by atoms with van der Waals surface area (Å²) in [5.41, 5.74) is 3.21. The van der Waals surface area contributed by atoms with Crippen molar-refractivity contribution in [3.05, 3.63) is 53.2 Å². The maximum atomic E-state index is 12.1. The van der Waals surface area contributed by atoms with Crippen LogP contribution in [-0.4, -0.2) is 20.7 Å². The maximum absolute atomic E-state index is 12.1. The summed E-state index contributed by atoms with van der Waals surface area (Å²) < 4.78 is 1.67. The second kappa shape index (κ2) is 5.49. The van der Waals surface area contributed by atoms with Crippen LogP contribution in [0.25, 0.3) is 11.3 Å². The minimum atomic E-state index is -0.243. The largest absolute Gasteiger partial charge is 0.296 e. The average molecular weight is 298 g/mol. The Hall–Kier alpha value is -2.47. The lowest BCUT2D eigenvalue weighted by atomic mass is 10.2. The number of nitrogens with zero attached hydrogens (tertiary/aromatic N) is 3. The molecule has 0 unspecified atom stereocenters. The third kappa shape index (κ3) is 2.85. The van der Waals surface area contributed by atoms with E-state index in [1.807, 2.05) is 49.7 Å². The number of nitrogens with one attached hydrogen (secondary N) is 1. The Labute approximate surface area is 126 Å². The molecule has 3 rings (SSSR count). The van der Waals surface area contributed by atoms with E-state index in [-0.39, 0.29) is 5.91 Å². The molecule has 0 aliphatic rings. The van der Waals surface area contributed by atoms with Gasteiger partial charge in [0.1, 0.15) is 0 Å². The minimum absolute atomic E-state index is 0.243.